The Morgan fingerprint density at radius 1 is 1.07 bits per heavy atom. The SMILES string of the molecule is CCC(NC(=O)CCN1C(=O)COc2ccccc21)c1ccc2c(c1)OCCO2. The predicted octanol–water partition coefficient (Wildman–Crippen LogP) is 2.84. The van der Waals surface area contributed by atoms with Crippen molar-refractivity contribution < 1.29 is 23.8 Å². The third-order valence-electron chi connectivity index (χ3n) is 5.08. The van der Waals surface area contributed by atoms with Crippen molar-refractivity contribution in [2.75, 3.05) is 31.3 Å². The molecular formula is C22H24N2O5. The lowest BCUT2D eigenvalue weighted by Gasteiger charge is -2.29. The maximum Gasteiger partial charge on any atom is 0.265 e. The molecule has 2 amide bonds. The highest BCUT2D eigenvalue weighted by Crippen LogP contribution is 2.34. The van der Waals surface area contributed by atoms with Crippen LogP contribution in [0.5, 0.6) is 17.2 Å². The highest BCUT2D eigenvalue weighted by atomic mass is 16.6. The van der Waals surface area contributed by atoms with E-state index in [9.17, 15) is 9.59 Å². The highest BCUT2D eigenvalue weighted by molar-refractivity contribution is 5.98. The van der Waals surface area contributed by atoms with Gasteiger partial charge < -0.3 is 24.4 Å². The molecule has 1 atom stereocenters. The molecule has 2 heterocycles. The van der Waals surface area contributed by atoms with Crippen LogP contribution < -0.4 is 24.4 Å². The van der Waals surface area contributed by atoms with E-state index in [1.165, 1.54) is 0 Å². The van der Waals surface area contributed by atoms with Gasteiger partial charge in [-0.1, -0.05) is 25.1 Å². The van der Waals surface area contributed by atoms with E-state index >= 15 is 0 Å². The van der Waals surface area contributed by atoms with Crippen LogP contribution in [-0.2, 0) is 9.59 Å². The molecule has 2 aromatic rings. The van der Waals surface area contributed by atoms with Gasteiger partial charge in [-0.25, -0.2) is 0 Å². The summed E-state index contributed by atoms with van der Waals surface area (Å²) in [4.78, 5) is 26.5. The molecule has 0 fully saturated rings. The van der Waals surface area contributed by atoms with E-state index in [0.717, 1.165) is 17.7 Å². The molecule has 7 nitrogen and oxygen atoms in total. The van der Waals surface area contributed by atoms with Gasteiger partial charge in [0, 0.05) is 13.0 Å². The Bertz CT molecular complexity index is 914. The number of benzene rings is 2. The number of fused-ring (bicyclic) bond motifs is 2. The quantitative estimate of drug-likeness (QED) is 0.813. The predicted molar refractivity (Wildman–Crippen MR) is 108 cm³/mol. The first-order valence-corrected chi connectivity index (χ1v) is 9.87. The number of hydrogen-bond acceptors (Lipinski definition) is 5. The van der Waals surface area contributed by atoms with Crippen molar-refractivity contribution in [3.8, 4) is 17.2 Å². The van der Waals surface area contributed by atoms with Crippen molar-refractivity contribution in [2.45, 2.75) is 25.8 Å². The molecule has 1 N–H and O–H groups in total. The summed E-state index contributed by atoms with van der Waals surface area (Å²) in [6.45, 7) is 3.39. The molecule has 0 bridgehead atoms. The van der Waals surface area contributed by atoms with Gasteiger partial charge in [-0.3, -0.25) is 9.59 Å². The molecule has 0 saturated carbocycles. The maximum atomic E-state index is 12.6. The van der Waals surface area contributed by atoms with Gasteiger partial charge in [0.05, 0.1) is 11.7 Å². The number of carbonyl (C=O) groups excluding carboxylic acids is 2. The summed E-state index contributed by atoms with van der Waals surface area (Å²) in [5.41, 5.74) is 1.67. The zero-order chi connectivity index (χ0) is 20.2. The number of hydrogen-bond donors (Lipinski definition) is 1. The van der Waals surface area contributed by atoms with E-state index in [4.69, 9.17) is 14.2 Å². The topological polar surface area (TPSA) is 77.1 Å². The molecule has 29 heavy (non-hydrogen) atoms. The van der Waals surface area contributed by atoms with Crippen LogP contribution in [0, 0.1) is 0 Å². The summed E-state index contributed by atoms with van der Waals surface area (Å²) in [5, 5.41) is 3.06. The minimum atomic E-state index is -0.143. The molecule has 0 aliphatic carbocycles. The van der Waals surface area contributed by atoms with Gasteiger partial charge >= 0.3 is 0 Å². The van der Waals surface area contributed by atoms with Crippen molar-refractivity contribution in [1.29, 1.82) is 0 Å². The zero-order valence-corrected chi connectivity index (χ0v) is 16.3. The van der Waals surface area contributed by atoms with E-state index in [2.05, 4.69) is 5.32 Å². The molecule has 0 radical (unpaired) electrons. The molecule has 4 rings (SSSR count). The molecule has 2 aromatic carbocycles. The summed E-state index contributed by atoms with van der Waals surface area (Å²) < 4.78 is 16.6. The second kappa shape index (κ2) is 8.43. The van der Waals surface area contributed by atoms with Gasteiger partial charge in [-0.2, -0.15) is 0 Å². The fraction of sp³-hybridized carbons (Fsp3) is 0.364. The Hall–Kier alpha value is -3.22. The number of rotatable bonds is 6. The van der Waals surface area contributed by atoms with Gasteiger partial charge in [0.15, 0.2) is 18.1 Å². The molecule has 0 saturated heterocycles. The van der Waals surface area contributed by atoms with Crippen LogP contribution >= 0.6 is 0 Å². The lowest BCUT2D eigenvalue weighted by Crippen LogP contribution is -2.41. The van der Waals surface area contributed by atoms with E-state index in [0.29, 0.717) is 36.9 Å². The Labute approximate surface area is 169 Å². The van der Waals surface area contributed by atoms with Crippen LogP contribution in [0.1, 0.15) is 31.4 Å². The summed E-state index contributed by atoms with van der Waals surface area (Å²) in [5.74, 6) is 1.84. The summed E-state index contributed by atoms with van der Waals surface area (Å²) in [7, 11) is 0. The minimum Gasteiger partial charge on any atom is -0.486 e. The molecule has 2 aliphatic rings. The van der Waals surface area contributed by atoms with Gasteiger partial charge in [-0.15, -0.1) is 0 Å². The van der Waals surface area contributed by atoms with Crippen LogP contribution in [-0.4, -0.2) is 38.2 Å². The average molecular weight is 396 g/mol. The third kappa shape index (κ3) is 4.13. The number of para-hydroxylation sites is 2. The fourth-order valence-corrected chi connectivity index (χ4v) is 3.58. The Kier molecular flexibility index (Phi) is 5.55. The van der Waals surface area contributed by atoms with Gasteiger partial charge in [-0.05, 0) is 36.2 Å². The first-order valence-electron chi connectivity index (χ1n) is 9.87. The summed E-state index contributed by atoms with van der Waals surface area (Å²) >= 11 is 0. The molecule has 2 aliphatic heterocycles. The van der Waals surface area contributed by atoms with Crippen molar-refractivity contribution in [3.05, 3.63) is 48.0 Å². The van der Waals surface area contributed by atoms with E-state index in [1.807, 2.05) is 49.4 Å². The lowest BCUT2D eigenvalue weighted by molar-refractivity contribution is -0.122. The van der Waals surface area contributed by atoms with Gasteiger partial charge in [0.25, 0.3) is 5.91 Å². The monoisotopic (exact) mass is 396 g/mol. The van der Waals surface area contributed by atoms with Gasteiger partial charge in [0.2, 0.25) is 5.91 Å². The number of nitrogens with one attached hydrogen (secondary N) is 1. The Morgan fingerprint density at radius 3 is 2.69 bits per heavy atom. The minimum absolute atomic E-state index is 0.00653. The third-order valence-corrected chi connectivity index (χ3v) is 5.08. The zero-order valence-electron chi connectivity index (χ0n) is 16.3. The number of anilines is 1. The molecule has 152 valence electrons. The fourth-order valence-electron chi connectivity index (χ4n) is 3.58. The van der Waals surface area contributed by atoms with E-state index < -0.39 is 0 Å². The van der Waals surface area contributed by atoms with Crippen LogP contribution in [0.4, 0.5) is 5.69 Å². The Morgan fingerprint density at radius 2 is 1.86 bits per heavy atom. The van der Waals surface area contributed by atoms with Crippen molar-refractivity contribution >= 4 is 17.5 Å². The highest BCUT2D eigenvalue weighted by Gasteiger charge is 2.26. The van der Waals surface area contributed by atoms with Crippen molar-refractivity contribution in [3.63, 3.8) is 0 Å². The molecule has 0 spiro atoms. The lowest BCUT2D eigenvalue weighted by atomic mass is 10.0. The molecule has 1 unspecified atom stereocenters. The van der Waals surface area contributed by atoms with Crippen LogP contribution in [0.15, 0.2) is 42.5 Å². The second-order valence-corrected chi connectivity index (χ2v) is 6.98. The van der Waals surface area contributed by atoms with Crippen molar-refractivity contribution in [1.82, 2.24) is 5.32 Å². The standard InChI is InChI=1S/C22H24N2O5/c1-2-16(15-7-8-19-20(13-15)28-12-11-27-19)23-21(25)9-10-24-17-5-3-4-6-18(17)29-14-22(24)26/h3-8,13,16H,2,9-12,14H2,1H3,(H,23,25). The average Bonchev–Trinajstić information content (AvgIpc) is 2.76. The number of carbonyl (C=O) groups is 2. The maximum absolute atomic E-state index is 12.6. The van der Waals surface area contributed by atoms with Crippen LogP contribution in [0.3, 0.4) is 0 Å². The molecular weight excluding hydrogens is 372 g/mol. The molecule has 0 aromatic heterocycles. The summed E-state index contributed by atoms with van der Waals surface area (Å²) in [6, 6.07) is 13.0. The molecule has 7 heteroatoms. The smallest absolute Gasteiger partial charge is 0.265 e. The summed E-state index contributed by atoms with van der Waals surface area (Å²) in [6.07, 6.45) is 0.950. The second-order valence-electron chi connectivity index (χ2n) is 6.98. The first kappa shape index (κ1) is 19.1. The van der Waals surface area contributed by atoms with E-state index in [-0.39, 0.29) is 30.9 Å². The normalized spacial score (nSPS) is 15.9. The van der Waals surface area contributed by atoms with Crippen LogP contribution in [0.25, 0.3) is 0 Å². The largest absolute Gasteiger partial charge is 0.486 e. The van der Waals surface area contributed by atoms with Crippen molar-refractivity contribution in [2.24, 2.45) is 0 Å². The van der Waals surface area contributed by atoms with E-state index in [1.54, 1.807) is 4.90 Å². The van der Waals surface area contributed by atoms with Crippen LogP contribution in [0.2, 0.25) is 0 Å². The number of amides is 2. The number of ether oxygens (including phenoxy) is 3. The Balaban J connectivity index is 1.39. The first-order chi connectivity index (χ1) is 14.2. The van der Waals surface area contributed by atoms with Gasteiger partial charge in [0.1, 0.15) is 19.0 Å². The number of nitrogens with zero attached hydrogens (tertiary/aromatic N) is 1.